The standard InChI is InChI=1S/C13H21N3S/c1-3-14-9-12-8-11(2)13(15-10-12)16-4-6-17-7-5-16/h8,10,14H,3-7,9H2,1-2H3. The second-order valence-electron chi connectivity index (χ2n) is 4.36. The molecule has 2 rings (SSSR count). The highest BCUT2D eigenvalue weighted by Crippen LogP contribution is 2.21. The van der Waals surface area contributed by atoms with Crippen LogP contribution in [0.15, 0.2) is 12.3 Å². The van der Waals surface area contributed by atoms with Crippen LogP contribution in [0.3, 0.4) is 0 Å². The Morgan fingerprint density at radius 3 is 2.82 bits per heavy atom. The molecule has 0 bridgehead atoms. The van der Waals surface area contributed by atoms with Gasteiger partial charge in [-0.2, -0.15) is 11.8 Å². The van der Waals surface area contributed by atoms with Crippen LogP contribution in [0.25, 0.3) is 0 Å². The molecule has 1 aliphatic rings. The lowest BCUT2D eigenvalue weighted by molar-refractivity contribution is 0.722. The summed E-state index contributed by atoms with van der Waals surface area (Å²) in [4.78, 5) is 7.04. The molecule has 2 heterocycles. The van der Waals surface area contributed by atoms with Crippen molar-refractivity contribution in [2.45, 2.75) is 20.4 Å². The Morgan fingerprint density at radius 2 is 2.18 bits per heavy atom. The van der Waals surface area contributed by atoms with Crippen LogP contribution >= 0.6 is 11.8 Å². The smallest absolute Gasteiger partial charge is 0.131 e. The van der Waals surface area contributed by atoms with Crippen molar-refractivity contribution in [1.29, 1.82) is 0 Å². The highest BCUT2D eigenvalue weighted by atomic mass is 32.2. The molecule has 0 spiro atoms. The number of pyridine rings is 1. The molecule has 1 N–H and O–H groups in total. The molecule has 94 valence electrons. The molecule has 4 heteroatoms. The van der Waals surface area contributed by atoms with Crippen LogP contribution in [0.4, 0.5) is 5.82 Å². The Kier molecular flexibility index (Phi) is 4.68. The predicted molar refractivity (Wildman–Crippen MR) is 75.9 cm³/mol. The molecule has 1 aromatic rings. The summed E-state index contributed by atoms with van der Waals surface area (Å²) < 4.78 is 0. The maximum absolute atomic E-state index is 4.63. The van der Waals surface area contributed by atoms with Gasteiger partial charge in [-0.3, -0.25) is 0 Å². The average molecular weight is 251 g/mol. The molecule has 0 aliphatic carbocycles. The molecule has 1 saturated heterocycles. The summed E-state index contributed by atoms with van der Waals surface area (Å²) in [6, 6.07) is 2.26. The predicted octanol–water partition coefficient (Wildman–Crippen LogP) is 2.05. The molecule has 0 radical (unpaired) electrons. The zero-order valence-corrected chi connectivity index (χ0v) is 11.5. The first kappa shape index (κ1) is 12.7. The SMILES string of the molecule is CCNCc1cnc(N2CCSCC2)c(C)c1. The average Bonchev–Trinajstić information content (AvgIpc) is 2.37. The summed E-state index contributed by atoms with van der Waals surface area (Å²) in [5.74, 6) is 3.62. The Balaban J connectivity index is 2.07. The monoisotopic (exact) mass is 251 g/mol. The van der Waals surface area contributed by atoms with E-state index < -0.39 is 0 Å². The summed E-state index contributed by atoms with van der Waals surface area (Å²) in [5, 5.41) is 3.33. The maximum Gasteiger partial charge on any atom is 0.131 e. The molecule has 3 nitrogen and oxygen atoms in total. The minimum absolute atomic E-state index is 0.917. The second kappa shape index (κ2) is 6.26. The molecule has 17 heavy (non-hydrogen) atoms. The summed E-state index contributed by atoms with van der Waals surface area (Å²) in [5.41, 5.74) is 2.58. The lowest BCUT2D eigenvalue weighted by atomic mass is 10.2. The number of nitrogens with one attached hydrogen (secondary N) is 1. The van der Waals surface area contributed by atoms with Crippen LogP contribution in [0.2, 0.25) is 0 Å². The Bertz CT molecular complexity index is 362. The lowest BCUT2D eigenvalue weighted by Crippen LogP contribution is -2.33. The van der Waals surface area contributed by atoms with E-state index in [-0.39, 0.29) is 0 Å². The van der Waals surface area contributed by atoms with E-state index in [0.717, 1.165) is 26.2 Å². The number of hydrogen-bond donors (Lipinski definition) is 1. The van der Waals surface area contributed by atoms with Crippen LogP contribution < -0.4 is 10.2 Å². The first-order valence-corrected chi connectivity index (χ1v) is 7.45. The summed E-state index contributed by atoms with van der Waals surface area (Å²) in [6.45, 7) is 8.47. The fraction of sp³-hybridized carbons (Fsp3) is 0.615. The second-order valence-corrected chi connectivity index (χ2v) is 5.59. The van der Waals surface area contributed by atoms with Gasteiger partial charge < -0.3 is 10.2 Å². The van der Waals surface area contributed by atoms with E-state index in [0.29, 0.717) is 0 Å². The van der Waals surface area contributed by atoms with Crippen LogP contribution in [0, 0.1) is 6.92 Å². The molecule has 1 aromatic heterocycles. The van der Waals surface area contributed by atoms with Crippen molar-refractivity contribution in [1.82, 2.24) is 10.3 Å². The van der Waals surface area contributed by atoms with Crippen molar-refractivity contribution in [2.24, 2.45) is 0 Å². The molecule has 1 aliphatic heterocycles. The molecule has 0 aromatic carbocycles. The first-order chi connectivity index (χ1) is 8.31. The molecule has 1 fully saturated rings. The Hall–Kier alpha value is -0.740. The highest BCUT2D eigenvalue weighted by molar-refractivity contribution is 7.99. The van der Waals surface area contributed by atoms with Gasteiger partial charge in [0.05, 0.1) is 0 Å². The quantitative estimate of drug-likeness (QED) is 0.886. The van der Waals surface area contributed by atoms with Gasteiger partial charge in [0.25, 0.3) is 0 Å². The Labute approximate surface area is 108 Å². The Morgan fingerprint density at radius 1 is 1.41 bits per heavy atom. The molecular formula is C13H21N3S. The van der Waals surface area contributed by atoms with Gasteiger partial charge in [-0.15, -0.1) is 0 Å². The normalized spacial score (nSPS) is 16.2. The summed E-state index contributed by atoms with van der Waals surface area (Å²) in [7, 11) is 0. The molecule has 0 atom stereocenters. The number of nitrogens with zero attached hydrogens (tertiary/aromatic N) is 2. The van der Waals surface area contributed by atoms with Gasteiger partial charge in [-0.25, -0.2) is 4.98 Å². The fourth-order valence-electron chi connectivity index (χ4n) is 2.10. The minimum atomic E-state index is 0.917. The first-order valence-electron chi connectivity index (χ1n) is 6.30. The van der Waals surface area contributed by atoms with E-state index in [1.54, 1.807) is 0 Å². The van der Waals surface area contributed by atoms with Crippen molar-refractivity contribution >= 4 is 17.6 Å². The van der Waals surface area contributed by atoms with Gasteiger partial charge in [-0.1, -0.05) is 6.92 Å². The van der Waals surface area contributed by atoms with Gasteiger partial charge in [-0.05, 0) is 30.7 Å². The van der Waals surface area contributed by atoms with Crippen molar-refractivity contribution < 1.29 is 0 Å². The minimum Gasteiger partial charge on any atom is -0.355 e. The zero-order valence-electron chi connectivity index (χ0n) is 10.7. The topological polar surface area (TPSA) is 28.2 Å². The van der Waals surface area contributed by atoms with Crippen LogP contribution in [0.5, 0.6) is 0 Å². The fourth-order valence-corrected chi connectivity index (χ4v) is 3.00. The van der Waals surface area contributed by atoms with Gasteiger partial charge >= 0.3 is 0 Å². The third kappa shape index (κ3) is 3.36. The van der Waals surface area contributed by atoms with Gasteiger partial charge in [0.2, 0.25) is 0 Å². The number of thioether (sulfide) groups is 1. The number of hydrogen-bond acceptors (Lipinski definition) is 4. The molecule has 0 saturated carbocycles. The number of aromatic nitrogens is 1. The number of aryl methyl sites for hydroxylation is 1. The zero-order chi connectivity index (χ0) is 12.1. The van der Waals surface area contributed by atoms with Crippen molar-refractivity contribution in [3.8, 4) is 0 Å². The number of anilines is 1. The van der Waals surface area contributed by atoms with Crippen molar-refractivity contribution in [3.05, 3.63) is 23.4 Å². The highest BCUT2D eigenvalue weighted by Gasteiger charge is 2.14. The van der Waals surface area contributed by atoms with E-state index in [1.165, 1.54) is 28.5 Å². The third-order valence-electron chi connectivity index (χ3n) is 3.00. The summed E-state index contributed by atoms with van der Waals surface area (Å²) >= 11 is 2.03. The largest absolute Gasteiger partial charge is 0.355 e. The van der Waals surface area contributed by atoms with Gasteiger partial charge in [0.1, 0.15) is 5.82 Å². The van der Waals surface area contributed by atoms with Gasteiger partial charge in [0, 0.05) is 37.3 Å². The van der Waals surface area contributed by atoms with E-state index in [4.69, 9.17) is 0 Å². The molecule has 0 amide bonds. The van der Waals surface area contributed by atoms with E-state index in [2.05, 4.69) is 35.1 Å². The third-order valence-corrected chi connectivity index (χ3v) is 3.94. The van der Waals surface area contributed by atoms with E-state index in [1.807, 2.05) is 18.0 Å². The van der Waals surface area contributed by atoms with E-state index >= 15 is 0 Å². The van der Waals surface area contributed by atoms with Crippen LogP contribution in [0.1, 0.15) is 18.1 Å². The van der Waals surface area contributed by atoms with Gasteiger partial charge in [0.15, 0.2) is 0 Å². The van der Waals surface area contributed by atoms with Crippen molar-refractivity contribution in [3.63, 3.8) is 0 Å². The maximum atomic E-state index is 4.63. The summed E-state index contributed by atoms with van der Waals surface area (Å²) in [6.07, 6.45) is 2.01. The number of rotatable bonds is 4. The molecule has 0 unspecified atom stereocenters. The lowest BCUT2D eigenvalue weighted by Gasteiger charge is -2.28. The van der Waals surface area contributed by atoms with Crippen LogP contribution in [-0.2, 0) is 6.54 Å². The van der Waals surface area contributed by atoms with E-state index in [9.17, 15) is 0 Å². The van der Waals surface area contributed by atoms with Crippen molar-refractivity contribution in [2.75, 3.05) is 36.0 Å². The van der Waals surface area contributed by atoms with Crippen LogP contribution in [-0.4, -0.2) is 36.1 Å². The molecular weight excluding hydrogens is 230 g/mol.